The van der Waals surface area contributed by atoms with Gasteiger partial charge in [-0.15, -0.1) is 0 Å². The van der Waals surface area contributed by atoms with Crippen LogP contribution in [0, 0.1) is 5.41 Å². The fraction of sp³-hybridized carbons (Fsp3) is 0.889. The zero-order chi connectivity index (χ0) is 10.1. The van der Waals surface area contributed by atoms with Crippen LogP contribution in [0.25, 0.3) is 0 Å². The molecule has 0 aliphatic carbocycles. The van der Waals surface area contributed by atoms with Crippen molar-refractivity contribution in [1.29, 1.82) is 0 Å². The van der Waals surface area contributed by atoms with Crippen LogP contribution in [0.4, 0.5) is 4.39 Å². The van der Waals surface area contributed by atoms with E-state index in [0.29, 0.717) is 13.1 Å². The lowest BCUT2D eigenvalue weighted by Gasteiger charge is -2.21. The standard InChI is InChI=1S/C9H17FN2O/c1-9(2)3-4-12(6-9)8(13)7(11)5-10/h7H,3-6,11H2,1-2H3. The maximum atomic E-state index is 12.1. The second kappa shape index (κ2) is 3.62. The molecule has 1 unspecified atom stereocenters. The highest BCUT2D eigenvalue weighted by molar-refractivity contribution is 5.82. The summed E-state index contributed by atoms with van der Waals surface area (Å²) in [5, 5.41) is 0. The van der Waals surface area contributed by atoms with E-state index in [2.05, 4.69) is 13.8 Å². The number of amides is 1. The normalized spacial score (nSPS) is 23.2. The molecule has 2 N–H and O–H groups in total. The van der Waals surface area contributed by atoms with Gasteiger partial charge in [-0.05, 0) is 11.8 Å². The Hall–Kier alpha value is -0.640. The van der Waals surface area contributed by atoms with Crippen LogP contribution in [0.3, 0.4) is 0 Å². The van der Waals surface area contributed by atoms with Gasteiger partial charge in [-0.25, -0.2) is 4.39 Å². The smallest absolute Gasteiger partial charge is 0.242 e. The van der Waals surface area contributed by atoms with Crippen LogP contribution in [-0.4, -0.2) is 36.6 Å². The van der Waals surface area contributed by atoms with E-state index in [9.17, 15) is 9.18 Å². The van der Waals surface area contributed by atoms with Crippen LogP contribution >= 0.6 is 0 Å². The Labute approximate surface area is 78.1 Å². The van der Waals surface area contributed by atoms with Gasteiger partial charge in [0, 0.05) is 13.1 Å². The summed E-state index contributed by atoms with van der Waals surface area (Å²) in [4.78, 5) is 13.1. The quantitative estimate of drug-likeness (QED) is 0.687. The van der Waals surface area contributed by atoms with E-state index in [1.54, 1.807) is 4.90 Å². The van der Waals surface area contributed by atoms with Gasteiger partial charge in [-0.1, -0.05) is 13.8 Å². The minimum Gasteiger partial charge on any atom is -0.341 e. The largest absolute Gasteiger partial charge is 0.341 e. The van der Waals surface area contributed by atoms with Crippen molar-refractivity contribution in [2.45, 2.75) is 26.3 Å². The van der Waals surface area contributed by atoms with E-state index in [4.69, 9.17) is 5.73 Å². The second-order valence-electron chi connectivity index (χ2n) is 4.43. The molecule has 0 bridgehead atoms. The molecule has 1 saturated heterocycles. The molecule has 1 fully saturated rings. The molecule has 0 aromatic heterocycles. The monoisotopic (exact) mass is 188 g/mol. The number of alkyl halides is 1. The molecule has 13 heavy (non-hydrogen) atoms. The highest BCUT2D eigenvalue weighted by Gasteiger charge is 2.33. The third-order valence-electron chi connectivity index (χ3n) is 2.47. The van der Waals surface area contributed by atoms with Crippen molar-refractivity contribution in [2.75, 3.05) is 19.8 Å². The minimum atomic E-state index is -0.964. The molecule has 0 saturated carbocycles. The fourth-order valence-electron chi connectivity index (χ4n) is 1.60. The molecule has 1 heterocycles. The van der Waals surface area contributed by atoms with Crippen molar-refractivity contribution >= 4 is 5.91 Å². The van der Waals surface area contributed by atoms with E-state index >= 15 is 0 Å². The minimum absolute atomic E-state index is 0.158. The first-order valence-electron chi connectivity index (χ1n) is 4.56. The SMILES string of the molecule is CC1(C)CCN(C(=O)C(N)CF)C1. The van der Waals surface area contributed by atoms with Gasteiger partial charge in [-0.3, -0.25) is 4.79 Å². The van der Waals surface area contributed by atoms with Gasteiger partial charge in [0.05, 0.1) is 0 Å². The van der Waals surface area contributed by atoms with Crippen molar-refractivity contribution in [3.05, 3.63) is 0 Å². The highest BCUT2D eigenvalue weighted by Crippen LogP contribution is 2.28. The average Bonchev–Trinajstić information content (AvgIpc) is 2.43. The topological polar surface area (TPSA) is 46.3 Å². The number of hydrogen-bond donors (Lipinski definition) is 1. The maximum Gasteiger partial charge on any atom is 0.242 e. The summed E-state index contributed by atoms with van der Waals surface area (Å²) in [6.07, 6.45) is 0.970. The van der Waals surface area contributed by atoms with Crippen molar-refractivity contribution in [3.8, 4) is 0 Å². The number of nitrogens with zero attached hydrogens (tertiary/aromatic N) is 1. The maximum absolute atomic E-state index is 12.1. The Morgan fingerprint density at radius 1 is 1.69 bits per heavy atom. The Kier molecular flexibility index (Phi) is 2.91. The molecule has 4 heteroatoms. The molecule has 76 valence electrons. The first-order valence-corrected chi connectivity index (χ1v) is 4.56. The molecule has 0 spiro atoms. The summed E-state index contributed by atoms with van der Waals surface area (Å²) < 4.78 is 12.1. The summed E-state index contributed by atoms with van der Waals surface area (Å²) in [6.45, 7) is 4.83. The summed E-state index contributed by atoms with van der Waals surface area (Å²) in [6, 6.07) is -0.964. The molecular formula is C9H17FN2O. The van der Waals surface area contributed by atoms with Gasteiger partial charge in [0.2, 0.25) is 5.91 Å². The van der Waals surface area contributed by atoms with Crippen LogP contribution < -0.4 is 5.73 Å². The van der Waals surface area contributed by atoms with Gasteiger partial charge in [0.25, 0.3) is 0 Å². The summed E-state index contributed by atoms with van der Waals surface area (Å²) in [7, 11) is 0. The van der Waals surface area contributed by atoms with Crippen molar-refractivity contribution in [3.63, 3.8) is 0 Å². The molecule has 0 aromatic carbocycles. The van der Waals surface area contributed by atoms with E-state index in [-0.39, 0.29) is 11.3 Å². The molecular weight excluding hydrogens is 171 g/mol. The van der Waals surface area contributed by atoms with Gasteiger partial charge in [-0.2, -0.15) is 0 Å². The Bertz CT molecular complexity index is 206. The van der Waals surface area contributed by atoms with E-state index in [1.165, 1.54) is 0 Å². The Morgan fingerprint density at radius 2 is 2.31 bits per heavy atom. The van der Waals surface area contributed by atoms with Gasteiger partial charge in [0.15, 0.2) is 0 Å². The molecule has 1 atom stereocenters. The van der Waals surface area contributed by atoms with Crippen LogP contribution in [0.2, 0.25) is 0 Å². The second-order valence-corrected chi connectivity index (χ2v) is 4.43. The zero-order valence-corrected chi connectivity index (χ0v) is 8.22. The molecule has 3 nitrogen and oxygen atoms in total. The van der Waals surface area contributed by atoms with Crippen molar-refractivity contribution in [1.82, 2.24) is 4.90 Å². The number of rotatable bonds is 2. The Morgan fingerprint density at radius 3 is 2.69 bits per heavy atom. The third kappa shape index (κ3) is 2.40. The molecule has 1 amide bonds. The van der Waals surface area contributed by atoms with Gasteiger partial charge in [0.1, 0.15) is 12.7 Å². The van der Waals surface area contributed by atoms with Crippen molar-refractivity contribution < 1.29 is 9.18 Å². The number of hydrogen-bond acceptors (Lipinski definition) is 2. The third-order valence-corrected chi connectivity index (χ3v) is 2.47. The predicted molar refractivity (Wildman–Crippen MR) is 48.9 cm³/mol. The number of halogens is 1. The van der Waals surface area contributed by atoms with E-state index < -0.39 is 12.7 Å². The van der Waals surface area contributed by atoms with Crippen LogP contribution in [0.5, 0.6) is 0 Å². The number of likely N-dealkylation sites (tertiary alicyclic amines) is 1. The summed E-state index contributed by atoms with van der Waals surface area (Å²) in [5.41, 5.74) is 5.48. The molecule has 1 aliphatic rings. The fourth-order valence-corrected chi connectivity index (χ4v) is 1.60. The van der Waals surface area contributed by atoms with Crippen LogP contribution in [-0.2, 0) is 4.79 Å². The van der Waals surface area contributed by atoms with E-state index in [0.717, 1.165) is 6.42 Å². The zero-order valence-electron chi connectivity index (χ0n) is 8.22. The van der Waals surface area contributed by atoms with Crippen molar-refractivity contribution in [2.24, 2.45) is 11.1 Å². The van der Waals surface area contributed by atoms with Gasteiger partial charge < -0.3 is 10.6 Å². The lowest BCUT2D eigenvalue weighted by molar-refractivity contribution is -0.132. The van der Waals surface area contributed by atoms with Crippen LogP contribution in [0.1, 0.15) is 20.3 Å². The number of carbonyl (C=O) groups excluding carboxylic acids is 1. The van der Waals surface area contributed by atoms with Gasteiger partial charge >= 0.3 is 0 Å². The Balaban J connectivity index is 2.51. The van der Waals surface area contributed by atoms with Crippen LogP contribution in [0.15, 0.2) is 0 Å². The summed E-state index contributed by atoms with van der Waals surface area (Å²) in [5.74, 6) is -0.256. The molecule has 0 aromatic rings. The number of nitrogens with two attached hydrogens (primary N) is 1. The van der Waals surface area contributed by atoms with E-state index in [1.807, 2.05) is 0 Å². The lowest BCUT2D eigenvalue weighted by Crippen LogP contribution is -2.44. The summed E-state index contributed by atoms with van der Waals surface area (Å²) >= 11 is 0. The predicted octanol–water partition coefficient (Wildman–Crippen LogP) is 0.542. The first-order chi connectivity index (χ1) is 5.96. The first kappa shape index (κ1) is 10.4. The average molecular weight is 188 g/mol. The molecule has 1 rings (SSSR count). The highest BCUT2D eigenvalue weighted by atomic mass is 19.1. The lowest BCUT2D eigenvalue weighted by atomic mass is 9.93. The number of carbonyl (C=O) groups is 1. The molecule has 1 aliphatic heterocycles. The molecule has 0 radical (unpaired) electrons.